The third kappa shape index (κ3) is 3.02. The van der Waals surface area contributed by atoms with Crippen molar-refractivity contribution >= 4 is 29.2 Å². The molecule has 0 aliphatic heterocycles. The molecule has 0 aliphatic rings. The highest BCUT2D eigenvalue weighted by molar-refractivity contribution is 6.22. The van der Waals surface area contributed by atoms with Crippen molar-refractivity contribution in [3.63, 3.8) is 0 Å². The van der Waals surface area contributed by atoms with Crippen molar-refractivity contribution in [2.75, 3.05) is 0 Å². The maximum atomic E-state index is 9.43. The number of hydrogen-bond donors (Lipinski definition) is 1. The summed E-state index contributed by atoms with van der Waals surface area (Å²) in [6.45, 7) is 0. The molecule has 29 heavy (non-hydrogen) atoms. The van der Waals surface area contributed by atoms with Gasteiger partial charge in [0.1, 0.15) is 5.75 Å². The highest BCUT2D eigenvalue weighted by Crippen LogP contribution is 2.43. The lowest BCUT2D eigenvalue weighted by Gasteiger charge is -2.17. The van der Waals surface area contributed by atoms with Crippen LogP contribution in [-0.2, 0) is 0 Å². The maximum Gasteiger partial charge on any atom is 0.504 e. The van der Waals surface area contributed by atoms with Crippen LogP contribution >= 0.6 is 0 Å². The predicted octanol–water partition coefficient (Wildman–Crippen LogP) is 4.75. The van der Waals surface area contributed by atoms with Gasteiger partial charge in [-0.1, -0.05) is 72.8 Å². The fourth-order valence-corrected chi connectivity index (χ4v) is 3.85. The lowest BCUT2D eigenvalue weighted by atomic mass is 9.90. The Balaban J connectivity index is 1.77. The van der Waals surface area contributed by atoms with E-state index in [0.717, 1.165) is 38.2 Å². The molecule has 0 saturated carbocycles. The quantitative estimate of drug-likeness (QED) is 0.363. The molecule has 5 heteroatoms. The summed E-state index contributed by atoms with van der Waals surface area (Å²) >= 11 is 0. The zero-order chi connectivity index (χ0) is 19.6. The van der Waals surface area contributed by atoms with Crippen molar-refractivity contribution in [2.24, 2.45) is 0 Å². The van der Waals surface area contributed by atoms with Crippen molar-refractivity contribution in [1.29, 1.82) is 0 Å². The van der Waals surface area contributed by atoms with Gasteiger partial charge >= 0.3 is 7.69 Å². The second-order valence-corrected chi connectivity index (χ2v) is 6.72. The highest BCUT2D eigenvalue weighted by Gasteiger charge is 2.16. The smallest absolute Gasteiger partial charge is 0.504 e. The van der Waals surface area contributed by atoms with Gasteiger partial charge in [0, 0.05) is 28.7 Å². The number of benzene rings is 4. The van der Waals surface area contributed by atoms with Gasteiger partial charge in [-0.05, 0) is 28.0 Å². The summed E-state index contributed by atoms with van der Waals surface area (Å²) in [6.07, 6.45) is 3.49. The monoisotopic (exact) mass is 376 g/mol. The third-order valence-corrected chi connectivity index (χ3v) is 5.09. The maximum absolute atomic E-state index is 9.43. The molecule has 1 heterocycles. The zero-order valence-corrected chi connectivity index (χ0v) is 15.6. The lowest BCUT2D eigenvalue weighted by Crippen LogP contribution is -2.02. The minimum Gasteiger partial charge on any atom is -0.538 e. The van der Waals surface area contributed by atoms with Gasteiger partial charge in [0.05, 0.1) is 0 Å². The lowest BCUT2D eigenvalue weighted by molar-refractivity contribution is 0.459. The second-order valence-electron chi connectivity index (χ2n) is 6.72. The summed E-state index contributed by atoms with van der Waals surface area (Å²) in [5.41, 5.74) is 3.22. The Bertz CT molecular complexity index is 1250. The minimum absolute atomic E-state index is 0.362. The van der Waals surface area contributed by atoms with E-state index < -0.39 is 0 Å². The van der Waals surface area contributed by atoms with Crippen LogP contribution in [0.2, 0.25) is 0 Å². The fraction of sp³-hybridized carbons (Fsp3) is 0. The summed E-state index contributed by atoms with van der Waals surface area (Å²) in [7, 11) is -0.362. The SMILES string of the molecule is OBOc1c2ccccc2c(-c2ccc(-c3ncccn3)cc2)c2ccccc12. The fourth-order valence-electron chi connectivity index (χ4n) is 3.85. The van der Waals surface area contributed by atoms with Crippen molar-refractivity contribution in [1.82, 2.24) is 9.97 Å². The normalized spacial score (nSPS) is 10.9. The molecule has 0 spiro atoms. The first-order valence-electron chi connectivity index (χ1n) is 9.42. The molecular formula is C24H17BN2O2. The molecule has 4 nitrogen and oxygen atoms in total. The van der Waals surface area contributed by atoms with E-state index in [9.17, 15) is 5.02 Å². The molecule has 138 valence electrons. The molecule has 0 saturated heterocycles. The van der Waals surface area contributed by atoms with Gasteiger partial charge in [0.2, 0.25) is 0 Å². The van der Waals surface area contributed by atoms with Gasteiger partial charge in [-0.25, -0.2) is 9.97 Å². The number of hydrogen-bond acceptors (Lipinski definition) is 4. The van der Waals surface area contributed by atoms with Crippen molar-refractivity contribution in [2.45, 2.75) is 0 Å². The summed E-state index contributed by atoms with van der Waals surface area (Å²) in [6, 6.07) is 26.4. The van der Waals surface area contributed by atoms with Crippen molar-refractivity contribution < 1.29 is 9.68 Å². The molecule has 0 bridgehead atoms. The Morgan fingerprint density at radius 2 is 1.14 bits per heavy atom. The second kappa shape index (κ2) is 7.38. The van der Waals surface area contributed by atoms with Gasteiger partial charge in [-0.3, -0.25) is 0 Å². The Morgan fingerprint density at radius 1 is 0.621 bits per heavy atom. The van der Waals surface area contributed by atoms with Crippen LogP contribution in [0.5, 0.6) is 5.75 Å². The zero-order valence-electron chi connectivity index (χ0n) is 15.6. The van der Waals surface area contributed by atoms with E-state index in [-0.39, 0.29) is 7.69 Å². The summed E-state index contributed by atoms with van der Waals surface area (Å²) < 4.78 is 5.64. The largest absolute Gasteiger partial charge is 0.538 e. The summed E-state index contributed by atoms with van der Waals surface area (Å²) in [5.74, 6) is 1.41. The van der Waals surface area contributed by atoms with Crippen LogP contribution in [-0.4, -0.2) is 22.7 Å². The van der Waals surface area contributed by atoms with Gasteiger partial charge in [0.15, 0.2) is 5.82 Å². The average molecular weight is 376 g/mol. The van der Waals surface area contributed by atoms with Gasteiger partial charge in [-0.15, -0.1) is 0 Å². The van der Waals surface area contributed by atoms with Crippen LogP contribution in [0.15, 0.2) is 91.3 Å². The molecule has 0 aliphatic carbocycles. The van der Waals surface area contributed by atoms with Crippen LogP contribution in [0.4, 0.5) is 0 Å². The average Bonchev–Trinajstić information content (AvgIpc) is 2.80. The topological polar surface area (TPSA) is 55.2 Å². The van der Waals surface area contributed by atoms with Crippen LogP contribution < -0.4 is 4.65 Å². The van der Waals surface area contributed by atoms with Crippen LogP contribution in [0.3, 0.4) is 0 Å². The Kier molecular flexibility index (Phi) is 4.43. The van der Waals surface area contributed by atoms with E-state index in [2.05, 4.69) is 34.2 Å². The Morgan fingerprint density at radius 3 is 1.69 bits per heavy atom. The van der Waals surface area contributed by atoms with Gasteiger partial charge in [-0.2, -0.15) is 0 Å². The van der Waals surface area contributed by atoms with Gasteiger partial charge in [0.25, 0.3) is 0 Å². The molecule has 0 atom stereocenters. The molecule has 0 unspecified atom stereocenters. The third-order valence-electron chi connectivity index (χ3n) is 5.09. The first-order valence-corrected chi connectivity index (χ1v) is 9.42. The molecule has 0 radical (unpaired) electrons. The number of fused-ring (bicyclic) bond motifs is 2. The molecular weight excluding hydrogens is 359 g/mol. The molecule has 5 rings (SSSR count). The number of aromatic nitrogens is 2. The van der Waals surface area contributed by atoms with E-state index >= 15 is 0 Å². The van der Waals surface area contributed by atoms with Crippen LogP contribution in [0.1, 0.15) is 0 Å². The van der Waals surface area contributed by atoms with E-state index in [1.54, 1.807) is 12.4 Å². The van der Waals surface area contributed by atoms with Crippen molar-refractivity contribution in [3.05, 3.63) is 91.3 Å². The van der Waals surface area contributed by atoms with Crippen molar-refractivity contribution in [3.8, 4) is 28.3 Å². The molecule has 0 fully saturated rings. The molecule has 1 N–H and O–H groups in total. The van der Waals surface area contributed by atoms with Crippen LogP contribution in [0, 0.1) is 0 Å². The molecule has 4 aromatic carbocycles. The molecule has 1 aromatic heterocycles. The van der Waals surface area contributed by atoms with E-state index in [1.807, 2.05) is 54.6 Å². The highest BCUT2D eigenvalue weighted by atomic mass is 16.5. The summed E-state index contributed by atoms with van der Waals surface area (Å²) in [4.78, 5) is 8.66. The first-order chi connectivity index (χ1) is 14.4. The van der Waals surface area contributed by atoms with Crippen LogP contribution in [0.25, 0.3) is 44.1 Å². The Hall–Kier alpha value is -3.70. The predicted molar refractivity (Wildman–Crippen MR) is 118 cm³/mol. The Labute approximate surface area is 168 Å². The van der Waals surface area contributed by atoms with Gasteiger partial charge < -0.3 is 9.68 Å². The van der Waals surface area contributed by atoms with E-state index in [4.69, 9.17) is 4.65 Å². The first kappa shape index (κ1) is 17.4. The molecule has 0 amide bonds. The summed E-state index contributed by atoms with van der Waals surface area (Å²) in [5, 5.41) is 13.5. The minimum atomic E-state index is -0.362. The number of rotatable bonds is 4. The van der Waals surface area contributed by atoms with E-state index in [0.29, 0.717) is 11.6 Å². The standard InChI is InChI=1S/C24H17BN2O2/c28-25-29-23-20-8-3-1-6-18(20)22(19-7-2-4-9-21(19)23)16-10-12-17(13-11-16)24-26-14-5-15-27-24/h1-15,25,28H. The number of nitrogens with zero attached hydrogens (tertiary/aromatic N) is 2. The molecule has 5 aromatic rings. The van der Waals surface area contributed by atoms with E-state index in [1.165, 1.54) is 0 Å².